The second kappa shape index (κ2) is 8.41. The molecule has 0 spiro atoms. The molecule has 0 unspecified atom stereocenters. The molecule has 10 heteroatoms. The number of carbonyl (C=O) groups excluding carboxylic acids is 1. The van der Waals surface area contributed by atoms with Gasteiger partial charge in [-0.1, -0.05) is 5.16 Å². The van der Waals surface area contributed by atoms with Gasteiger partial charge in [-0.3, -0.25) is 4.72 Å². The number of ether oxygens (including phenoxy) is 2. The number of amidine groups is 1. The summed E-state index contributed by atoms with van der Waals surface area (Å²) in [6, 6.07) is 10.3. The Bertz CT molecular complexity index is 955. The van der Waals surface area contributed by atoms with Gasteiger partial charge in [0.05, 0.1) is 24.8 Å². The van der Waals surface area contributed by atoms with Crippen molar-refractivity contribution < 1.29 is 27.5 Å². The van der Waals surface area contributed by atoms with Crippen LogP contribution < -0.4 is 19.9 Å². The van der Waals surface area contributed by atoms with Crippen molar-refractivity contribution >= 4 is 27.5 Å². The fraction of sp³-hybridized carbons (Fsp3) is 0.176. The average Bonchev–Trinajstić information content (AvgIpc) is 2.65. The summed E-state index contributed by atoms with van der Waals surface area (Å²) in [6.45, 7) is 1.19. The molecule has 0 bridgehead atoms. The van der Waals surface area contributed by atoms with Gasteiger partial charge in [-0.25, -0.2) is 13.2 Å². The molecule has 0 saturated heterocycles. The molecular weight excluding hydrogens is 374 g/mol. The molecule has 0 saturated carbocycles. The molecule has 27 heavy (non-hydrogen) atoms. The molecule has 9 nitrogen and oxygen atoms in total. The number of nitrogens with two attached hydrogens (primary N) is 1. The zero-order valence-electron chi connectivity index (χ0n) is 14.9. The third-order valence-electron chi connectivity index (χ3n) is 3.37. The molecule has 144 valence electrons. The van der Waals surface area contributed by atoms with Crippen molar-refractivity contribution in [3.63, 3.8) is 0 Å². The molecular formula is C17H19N3O6S. The lowest BCUT2D eigenvalue weighted by Crippen LogP contribution is -2.16. The summed E-state index contributed by atoms with van der Waals surface area (Å²) in [4.78, 5) is 15.2. The Kier molecular flexibility index (Phi) is 6.24. The van der Waals surface area contributed by atoms with Crippen LogP contribution in [0.25, 0.3) is 0 Å². The molecule has 3 N–H and O–H groups in total. The quantitative estimate of drug-likeness (QED) is 0.317. The minimum atomic E-state index is -3.84. The van der Waals surface area contributed by atoms with Gasteiger partial charge < -0.3 is 20.0 Å². The maximum absolute atomic E-state index is 12.5. The van der Waals surface area contributed by atoms with Crippen molar-refractivity contribution in [2.24, 2.45) is 10.9 Å². The highest BCUT2D eigenvalue weighted by Gasteiger charge is 2.16. The van der Waals surface area contributed by atoms with Crippen molar-refractivity contribution in [2.45, 2.75) is 11.8 Å². The summed E-state index contributed by atoms with van der Waals surface area (Å²) < 4.78 is 37.8. The van der Waals surface area contributed by atoms with E-state index in [1.807, 2.05) is 0 Å². The number of methoxy groups -OCH3 is 2. The molecule has 0 aliphatic heterocycles. The number of sulfonamides is 1. The van der Waals surface area contributed by atoms with Crippen LogP contribution in [0.2, 0.25) is 0 Å². The Morgan fingerprint density at radius 2 is 1.67 bits per heavy atom. The molecule has 2 aromatic rings. The van der Waals surface area contributed by atoms with Gasteiger partial charge in [0.25, 0.3) is 10.0 Å². The number of benzene rings is 2. The number of anilines is 1. The molecule has 0 amide bonds. The van der Waals surface area contributed by atoms with Crippen LogP contribution in [0.15, 0.2) is 52.5 Å². The lowest BCUT2D eigenvalue weighted by atomic mass is 10.2. The molecule has 0 aliphatic carbocycles. The number of nitrogens with one attached hydrogen (secondary N) is 1. The summed E-state index contributed by atoms with van der Waals surface area (Å²) in [5.74, 6) is 0.202. The van der Waals surface area contributed by atoms with Gasteiger partial charge in [-0.05, 0) is 36.4 Å². The smallest absolute Gasteiger partial charge is 0.332 e. The monoisotopic (exact) mass is 393 g/mol. The number of rotatable bonds is 7. The van der Waals surface area contributed by atoms with Gasteiger partial charge in [0.15, 0.2) is 17.3 Å². The van der Waals surface area contributed by atoms with Crippen LogP contribution >= 0.6 is 0 Å². The zero-order valence-corrected chi connectivity index (χ0v) is 15.7. The van der Waals surface area contributed by atoms with E-state index in [9.17, 15) is 13.2 Å². The van der Waals surface area contributed by atoms with Gasteiger partial charge in [0, 0.05) is 18.6 Å². The van der Waals surface area contributed by atoms with Crippen LogP contribution in [0.5, 0.6) is 11.5 Å². The van der Waals surface area contributed by atoms with Crippen LogP contribution in [0.3, 0.4) is 0 Å². The molecule has 0 heterocycles. The summed E-state index contributed by atoms with van der Waals surface area (Å²) in [7, 11) is -0.898. The molecule has 2 aromatic carbocycles. The molecule has 0 aromatic heterocycles. The van der Waals surface area contributed by atoms with Crippen LogP contribution in [-0.4, -0.2) is 34.4 Å². The van der Waals surface area contributed by atoms with Gasteiger partial charge >= 0.3 is 5.97 Å². The van der Waals surface area contributed by atoms with Gasteiger partial charge in [0.1, 0.15) is 0 Å². The van der Waals surface area contributed by atoms with Crippen molar-refractivity contribution in [3.05, 3.63) is 48.0 Å². The van der Waals surface area contributed by atoms with E-state index in [0.717, 1.165) is 0 Å². The van der Waals surface area contributed by atoms with Crippen LogP contribution in [-0.2, 0) is 19.7 Å². The number of oxime groups is 1. The van der Waals surface area contributed by atoms with Gasteiger partial charge in [0.2, 0.25) is 0 Å². The fourth-order valence-corrected chi connectivity index (χ4v) is 3.13. The third kappa shape index (κ3) is 5.11. The maximum atomic E-state index is 12.5. The maximum Gasteiger partial charge on any atom is 0.332 e. The van der Waals surface area contributed by atoms with E-state index in [0.29, 0.717) is 22.7 Å². The van der Waals surface area contributed by atoms with E-state index in [1.54, 1.807) is 12.1 Å². The molecule has 2 rings (SSSR count). The van der Waals surface area contributed by atoms with E-state index in [1.165, 1.54) is 51.5 Å². The minimum Gasteiger partial charge on any atom is -0.493 e. The molecule has 0 atom stereocenters. The summed E-state index contributed by atoms with van der Waals surface area (Å²) in [5, 5.41) is 3.44. The average molecular weight is 393 g/mol. The molecule has 0 fully saturated rings. The van der Waals surface area contributed by atoms with E-state index in [2.05, 4.69) is 14.7 Å². The minimum absolute atomic E-state index is 0.0151. The van der Waals surface area contributed by atoms with Crippen molar-refractivity contribution in [2.75, 3.05) is 18.9 Å². The first-order valence-electron chi connectivity index (χ1n) is 7.63. The third-order valence-corrected chi connectivity index (χ3v) is 4.77. The second-order valence-electron chi connectivity index (χ2n) is 5.26. The standard InChI is InChI=1S/C17H19N3O6S/c1-11(21)26-19-17(18)12-4-7-14(8-5-12)27(22,23)20-13-6-9-15(24-2)16(10-13)25-3/h4-10,20H,1-3H3,(H2,18,19). The zero-order chi connectivity index (χ0) is 20.0. The number of hydrogen-bond donors (Lipinski definition) is 2. The predicted octanol–water partition coefficient (Wildman–Crippen LogP) is 1.69. The topological polar surface area (TPSA) is 129 Å². The lowest BCUT2D eigenvalue weighted by molar-refractivity contribution is -0.140. The van der Waals surface area contributed by atoms with Crippen LogP contribution in [0.4, 0.5) is 5.69 Å². The first-order chi connectivity index (χ1) is 12.8. The Hall–Kier alpha value is -3.27. The Labute approximate surface area is 156 Å². The van der Waals surface area contributed by atoms with E-state index in [-0.39, 0.29) is 10.7 Å². The summed E-state index contributed by atoms with van der Waals surface area (Å²) >= 11 is 0. The Morgan fingerprint density at radius 3 is 2.22 bits per heavy atom. The van der Waals surface area contributed by atoms with E-state index in [4.69, 9.17) is 15.2 Å². The van der Waals surface area contributed by atoms with E-state index >= 15 is 0 Å². The largest absolute Gasteiger partial charge is 0.493 e. The summed E-state index contributed by atoms with van der Waals surface area (Å²) in [5.41, 5.74) is 6.38. The van der Waals surface area contributed by atoms with Crippen LogP contribution in [0, 0.1) is 0 Å². The predicted molar refractivity (Wildman–Crippen MR) is 99.3 cm³/mol. The number of hydrogen-bond acceptors (Lipinski definition) is 7. The van der Waals surface area contributed by atoms with Gasteiger partial charge in [-0.15, -0.1) is 0 Å². The molecule has 0 radical (unpaired) electrons. The SMILES string of the molecule is COc1ccc(NS(=O)(=O)c2ccc(/C(N)=N/OC(C)=O)cc2)cc1OC. The van der Waals surface area contributed by atoms with Gasteiger partial charge in [-0.2, -0.15) is 0 Å². The highest BCUT2D eigenvalue weighted by atomic mass is 32.2. The number of nitrogens with zero attached hydrogens (tertiary/aromatic N) is 1. The Morgan fingerprint density at radius 1 is 1.04 bits per heavy atom. The normalized spacial score (nSPS) is 11.6. The Balaban J connectivity index is 2.22. The lowest BCUT2D eigenvalue weighted by Gasteiger charge is -2.12. The molecule has 0 aliphatic rings. The van der Waals surface area contributed by atoms with Crippen LogP contribution in [0.1, 0.15) is 12.5 Å². The fourth-order valence-electron chi connectivity index (χ4n) is 2.08. The highest BCUT2D eigenvalue weighted by Crippen LogP contribution is 2.30. The number of carbonyl (C=O) groups is 1. The first-order valence-corrected chi connectivity index (χ1v) is 9.11. The van der Waals surface area contributed by atoms with E-state index < -0.39 is 16.0 Å². The van der Waals surface area contributed by atoms with Crippen molar-refractivity contribution in [3.8, 4) is 11.5 Å². The van der Waals surface area contributed by atoms with Crippen molar-refractivity contribution in [1.82, 2.24) is 0 Å². The highest BCUT2D eigenvalue weighted by molar-refractivity contribution is 7.92. The first kappa shape index (κ1) is 20.0. The summed E-state index contributed by atoms with van der Waals surface area (Å²) in [6.07, 6.45) is 0. The second-order valence-corrected chi connectivity index (χ2v) is 6.94. The van der Waals surface area contributed by atoms with Crippen molar-refractivity contribution in [1.29, 1.82) is 0 Å².